The molecule has 1 aliphatic rings. The third kappa shape index (κ3) is 2.36. The summed E-state index contributed by atoms with van der Waals surface area (Å²) in [5.74, 6) is 1.59. The second-order valence-corrected chi connectivity index (χ2v) is 4.93. The van der Waals surface area contributed by atoms with Gasteiger partial charge in [0.1, 0.15) is 18.2 Å². The molecule has 2 aromatic rings. The molecule has 0 saturated heterocycles. The van der Waals surface area contributed by atoms with Crippen LogP contribution in [0.15, 0.2) is 46.5 Å². The maximum atomic E-state index is 5.60. The Balaban J connectivity index is 1.82. The topological polar surface area (TPSA) is 57.4 Å². The average molecular weight is 260 g/mol. The average Bonchev–Trinajstić information content (AvgIpc) is 2.41. The molecule has 0 saturated carbocycles. The van der Waals surface area contributed by atoms with Crippen molar-refractivity contribution in [2.75, 3.05) is 18.9 Å². The number of hydrogen-bond acceptors (Lipinski definition) is 5. The Morgan fingerprint density at radius 3 is 2.67 bits per heavy atom. The van der Waals surface area contributed by atoms with Crippen LogP contribution in [0, 0.1) is 0 Å². The summed E-state index contributed by atoms with van der Waals surface area (Å²) in [7, 11) is 0. The van der Waals surface area contributed by atoms with Crippen molar-refractivity contribution in [1.29, 1.82) is 0 Å². The van der Waals surface area contributed by atoms with Gasteiger partial charge in [-0.2, -0.15) is 0 Å². The van der Waals surface area contributed by atoms with Crippen molar-refractivity contribution in [2.24, 2.45) is 0 Å². The molecule has 18 heavy (non-hydrogen) atoms. The van der Waals surface area contributed by atoms with Gasteiger partial charge in [0.05, 0.1) is 11.9 Å². The lowest BCUT2D eigenvalue weighted by atomic mass is 10.3. The third-order valence-electron chi connectivity index (χ3n) is 2.50. The van der Waals surface area contributed by atoms with Crippen molar-refractivity contribution in [3.63, 3.8) is 0 Å². The van der Waals surface area contributed by atoms with E-state index in [1.165, 1.54) is 0 Å². The van der Waals surface area contributed by atoms with Crippen LogP contribution in [0.1, 0.15) is 0 Å². The van der Waals surface area contributed by atoms with Gasteiger partial charge in [-0.15, -0.1) is 0 Å². The molecule has 1 aromatic carbocycles. The molecule has 3 rings (SSSR count). The first-order valence-electron chi connectivity index (χ1n) is 5.60. The molecule has 0 spiro atoms. The molecule has 0 aliphatic carbocycles. The highest BCUT2D eigenvalue weighted by atomic mass is 32.2. The van der Waals surface area contributed by atoms with Crippen molar-refractivity contribution >= 4 is 17.4 Å². The van der Waals surface area contributed by atoms with E-state index in [0.717, 1.165) is 21.4 Å². The Labute approximate surface area is 109 Å². The number of rotatable bonds is 2. The summed E-state index contributed by atoms with van der Waals surface area (Å²) < 4.78 is 11.0. The van der Waals surface area contributed by atoms with Crippen LogP contribution in [-0.4, -0.2) is 18.2 Å². The molecule has 0 atom stereocenters. The number of benzene rings is 1. The predicted octanol–water partition coefficient (Wildman–Crippen LogP) is 2.59. The highest BCUT2D eigenvalue weighted by molar-refractivity contribution is 7.99. The summed E-state index contributed by atoms with van der Waals surface area (Å²) >= 11 is 1.57. The molecule has 0 unspecified atom stereocenters. The molecule has 0 amide bonds. The van der Waals surface area contributed by atoms with Gasteiger partial charge >= 0.3 is 0 Å². The van der Waals surface area contributed by atoms with Gasteiger partial charge in [0.2, 0.25) is 0 Å². The van der Waals surface area contributed by atoms with Crippen LogP contribution in [0.3, 0.4) is 0 Å². The first kappa shape index (κ1) is 11.2. The fourth-order valence-electron chi connectivity index (χ4n) is 1.66. The number of nitrogens with zero attached hydrogens (tertiary/aromatic N) is 1. The molecule has 4 nitrogen and oxygen atoms in total. The lowest BCUT2D eigenvalue weighted by Crippen LogP contribution is -2.15. The van der Waals surface area contributed by atoms with Gasteiger partial charge in [-0.25, -0.2) is 4.98 Å². The van der Waals surface area contributed by atoms with Crippen molar-refractivity contribution < 1.29 is 9.47 Å². The van der Waals surface area contributed by atoms with Crippen molar-refractivity contribution in [3.05, 3.63) is 36.5 Å². The Morgan fingerprint density at radius 2 is 1.89 bits per heavy atom. The molecule has 1 aliphatic heterocycles. The van der Waals surface area contributed by atoms with E-state index in [0.29, 0.717) is 18.9 Å². The Bertz CT molecular complexity index is 557. The van der Waals surface area contributed by atoms with Crippen LogP contribution in [0.5, 0.6) is 11.5 Å². The van der Waals surface area contributed by atoms with Gasteiger partial charge in [0.25, 0.3) is 0 Å². The SMILES string of the molecule is Nc1ccc(Sc2ccc3c(c2)OCCO3)nc1. The fraction of sp³-hybridized carbons (Fsp3) is 0.154. The number of fused-ring (bicyclic) bond motifs is 1. The van der Waals surface area contributed by atoms with Crippen LogP contribution in [0.4, 0.5) is 5.69 Å². The number of ether oxygens (including phenoxy) is 2. The molecular weight excluding hydrogens is 248 g/mol. The zero-order chi connectivity index (χ0) is 12.4. The van der Waals surface area contributed by atoms with E-state index in [-0.39, 0.29) is 0 Å². The molecular formula is C13H12N2O2S. The standard InChI is InChI=1S/C13H12N2O2S/c14-9-1-4-13(15-8-9)18-10-2-3-11-12(7-10)17-6-5-16-11/h1-4,7-8H,5-6,14H2. The molecule has 1 aromatic heterocycles. The van der Waals surface area contributed by atoms with Crippen LogP contribution in [-0.2, 0) is 0 Å². The van der Waals surface area contributed by atoms with Crippen molar-refractivity contribution in [3.8, 4) is 11.5 Å². The lowest BCUT2D eigenvalue weighted by molar-refractivity contribution is 0.171. The molecule has 92 valence electrons. The van der Waals surface area contributed by atoms with E-state index < -0.39 is 0 Å². The van der Waals surface area contributed by atoms with E-state index >= 15 is 0 Å². The summed E-state index contributed by atoms with van der Waals surface area (Å²) in [5, 5.41) is 0.904. The minimum Gasteiger partial charge on any atom is -0.486 e. The number of nitrogen functional groups attached to an aromatic ring is 1. The molecule has 0 bridgehead atoms. The van der Waals surface area contributed by atoms with Gasteiger partial charge in [-0.3, -0.25) is 0 Å². The van der Waals surface area contributed by atoms with Gasteiger partial charge in [-0.05, 0) is 30.3 Å². The van der Waals surface area contributed by atoms with Gasteiger partial charge in [0, 0.05) is 4.90 Å². The summed E-state index contributed by atoms with van der Waals surface area (Å²) in [4.78, 5) is 5.32. The fourth-order valence-corrected chi connectivity index (χ4v) is 2.45. The summed E-state index contributed by atoms with van der Waals surface area (Å²) in [6.45, 7) is 1.21. The highest BCUT2D eigenvalue weighted by Gasteiger charge is 2.12. The maximum absolute atomic E-state index is 5.60. The predicted molar refractivity (Wildman–Crippen MR) is 70.2 cm³/mol. The smallest absolute Gasteiger partial charge is 0.162 e. The Hall–Kier alpha value is -1.88. The monoisotopic (exact) mass is 260 g/mol. The quantitative estimate of drug-likeness (QED) is 0.899. The minimum atomic E-state index is 0.598. The summed E-state index contributed by atoms with van der Waals surface area (Å²) in [6.07, 6.45) is 1.65. The second kappa shape index (κ2) is 4.78. The van der Waals surface area contributed by atoms with Gasteiger partial charge in [-0.1, -0.05) is 11.8 Å². The van der Waals surface area contributed by atoms with Gasteiger partial charge < -0.3 is 15.2 Å². The zero-order valence-corrected chi connectivity index (χ0v) is 10.4. The van der Waals surface area contributed by atoms with Gasteiger partial charge in [0.15, 0.2) is 11.5 Å². The molecule has 0 fully saturated rings. The molecule has 2 N–H and O–H groups in total. The van der Waals surface area contributed by atoms with Crippen LogP contribution < -0.4 is 15.2 Å². The minimum absolute atomic E-state index is 0.598. The molecule has 5 heteroatoms. The number of hydrogen-bond donors (Lipinski definition) is 1. The van der Waals surface area contributed by atoms with Crippen LogP contribution in [0.2, 0.25) is 0 Å². The maximum Gasteiger partial charge on any atom is 0.162 e. The van der Waals surface area contributed by atoms with E-state index in [2.05, 4.69) is 4.98 Å². The Kier molecular flexibility index (Phi) is 2.98. The lowest BCUT2D eigenvalue weighted by Gasteiger charge is -2.18. The Morgan fingerprint density at radius 1 is 1.06 bits per heavy atom. The molecule has 2 heterocycles. The largest absolute Gasteiger partial charge is 0.486 e. The number of nitrogens with two attached hydrogens (primary N) is 1. The summed E-state index contributed by atoms with van der Waals surface area (Å²) in [6, 6.07) is 9.63. The highest BCUT2D eigenvalue weighted by Crippen LogP contribution is 2.36. The van der Waals surface area contributed by atoms with Crippen LogP contribution in [0.25, 0.3) is 0 Å². The van der Waals surface area contributed by atoms with Crippen molar-refractivity contribution in [2.45, 2.75) is 9.92 Å². The van der Waals surface area contributed by atoms with Crippen LogP contribution >= 0.6 is 11.8 Å². The van der Waals surface area contributed by atoms with E-state index in [4.69, 9.17) is 15.2 Å². The van der Waals surface area contributed by atoms with E-state index in [9.17, 15) is 0 Å². The normalized spacial score (nSPS) is 13.3. The zero-order valence-electron chi connectivity index (χ0n) is 9.63. The number of anilines is 1. The summed E-state index contributed by atoms with van der Waals surface area (Å²) in [5.41, 5.74) is 6.27. The molecule has 0 radical (unpaired) electrons. The third-order valence-corrected chi connectivity index (χ3v) is 3.44. The first-order chi connectivity index (χ1) is 8.81. The number of aromatic nitrogens is 1. The van der Waals surface area contributed by atoms with E-state index in [1.54, 1.807) is 18.0 Å². The van der Waals surface area contributed by atoms with E-state index in [1.807, 2.05) is 30.3 Å². The first-order valence-corrected chi connectivity index (χ1v) is 6.42. The van der Waals surface area contributed by atoms with Crippen molar-refractivity contribution in [1.82, 2.24) is 4.98 Å². The number of pyridine rings is 1. The second-order valence-electron chi connectivity index (χ2n) is 3.84.